The summed E-state index contributed by atoms with van der Waals surface area (Å²) < 4.78 is 0. The summed E-state index contributed by atoms with van der Waals surface area (Å²) in [7, 11) is 0. The molecule has 4 rings (SSSR count). The number of aromatic amines is 1. The molecule has 3 aromatic rings. The molecule has 7 heteroatoms. The molecule has 180 valence electrons. The van der Waals surface area contributed by atoms with Gasteiger partial charge >= 0.3 is 0 Å². The van der Waals surface area contributed by atoms with E-state index in [4.69, 9.17) is 11.1 Å². The van der Waals surface area contributed by atoms with Crippen LogP contribution in [0.5, 0.6) is 5.75 Å². The molecule has 2 heterocycles. The second-order valence-corrected chi connectivity index (χ2v) is 9.69. The quantitative estimate of drug-likeness (QED) is 0.304. The van der Waals surface area contributed by atoms with E-state index in [9.17, 15) is 9.90 Å². The highest BCUT2D eigenvalue weighted by Gasteiger charge is 2.28. The van der Waals surface area contributed by atoms with Crippen LogP contribution in [0, 0.1) is 5.41 Å². The molecule has 0 radical (unpaired) electrons. The number of nitrogens with one attached hydrogen (secondary N) is 2. The van der Waals surface area contributed by atoms with Crippen LogP contribution >= 0.6 is 0 Å². The molecule has 1 saturated heterocycles. The number of nitrogens with two attached hydrogens (primary N) is 1. The zero-order valence-electron chi connectivity index (χ0n) is 20.3. The number of fused-ring (bicyclic) bond motifs is 1. The molecule has 0 aliphatic carbocycles. The minimum atomic E-state index is -0.375. The summed E-state index contributed by atoms with van der Waals surface area (Å²) in [6, 6.07) is 12.2. The van der Waals surface area contributed by atoms with Crippen LogP contribution in [0.4, 0.5) is 0 Å². The molecule has 0 saturated carbocycles. The number of hydrogen-bond acceptors (Lipinski definition) is 5. The van der Waals surface area contributed by atoms with E-state index in [0.717, 1.165) is 30.3 Å². The first-order valence-electron chi connectivity index (χ1n) is 12.2. The van der Waals surface area contributed by atoms with Gasteiger partial charge in [-0.25, -0.2) is 4.98 Å². The number of H-pyrrole nitrogens is 1. The van der Waals surface area contributed by atoms with E-state index in [-0.39, 0.29) is 28.4 Å². The number of hydrogen-bond donors (Lipinski definition) is 4. The van der Waals surface area contributed by atoms with Crippen LogP contribution in [-0.4, -0.2) is 43.9 Å². The summed E-state index contributed by atoms with van der Waals surface area (Å²) in [5, 5.41) is 18.0. The Morgan fingerprint density at radius 2 is 2.00 bits per heavy atom. The third-order valence-electron chi connectivity index (χ3n) is 7.22. The number of phenols is 1. The molecule has 5 N–H and O–H groups in total. The SMILES string of the molecule is CC(CCCc1cccc2nc(-c3cc(C(=N)N)ccc3O)c(=O)[nH]c12)N1C(C)CCCC1C. The first kappa shape index (κ1) is 24.0. The van der Waals surface area contributed by atoms with Crippen molar-refractivity contribution in [3.8, 4) is 17.0 Å². The zero-order chi connectivity index (χ0) is 24.4. The number of phenolic OH excluding ortho intramolecular Hbond substituents is 1. The number of nitrogens with zero attached hydrogens (tertiary/aromatic N) is 2. The maximum atomic E-state index is 13.0. The number of nitrogen functional groups attached to an aromatic ring is 1. The summed E-state index contributed by atoms with van der Waals surface area (Å²) in [5.74, 6) is -0.211. The topological polar surface area (TPSA) is 119 Å². The van der Waals surface area contributed by atoms with Crippen molar-refractivity contribution in [2.24, 2.45) is 5.73 Å². The molecular formula is C27H35N5O2. The number of aromatic hydroxyl groups is 1. The fourth-order valence-electron chi connectivity index (χ4n) is 5.50. The van der Waals surface area contributed by atoms with Gasteiger partial charge < -0.3 is 15.8 Å². The van der Waals surface area contributed by atoms with E-state index in [0.29, 0.717) is 29.2 Å². The normalized spacial score (nSPS) is 19.9. The van der Waals surface area contributed by atoms with Crippen LogP contribution in [0.3, 0.4) is 0 Å². The van der Waals surface area contributed by atoms with Crippen LogP contribution in [0.1, 0.15) is 64.0 Å². The van der Waals surface area contributed by atoms with E-state index >= 15 is 0 Å². The second-order valence-electron chi connectivity index (χ2n) is 9.69. The van der Waals surface area contributed by atoms with Crippen molar-refractivity contribution in [2.75, 3.05) is 0 Å². The average molecular weight is 462 g/mol. The maximum absolute atomic E-state index is 13.0. The van der Waals surface area contributed by atoms with E-state index in [2.05, 4.69) is 35.6 Å². The van der Waals surface area contributed by atoms with Gasteiger partial charge in [0.25, 0.3) is 5.56 Å². The highest BCUT2D eigenvalue weighted by atomic mass is 16.3. The number of rotatable bonds is 7. The van der Waals surface area contributed by atoms with Gasteiger partial charge in [0, 0.05) is 29.3 Å². The van der Waals surface area contributed by atoms with Crippen molar-refractivity contribution < 1.29 is 5.11 Å². The lowest BCUT2D eigenvalue weighted by atomic mass is 9.93. The van der Waals surface area contributed by atoms with Gasteiger partial charge in [-0.05, 0) is 82.7 Å². The lowest BCUT2D eigenvalue weighted by molar-refractivity contribution is 0.0580. The van der Waals surface area contributed by atoms with Crippen LogP contribution in [0.15, 0.2) is 41.2 Å². The van der Waals surface area contributed by atoms with Crippen molar-refractivity contribution >= 4 is 16.9 Å². The van der Waals surface area contributed by atoms with Crippen LogP contribution in [0.2, 0.25) is 0 Å². The summed E-state index contributed by atoms with van der Waals surface area (Å²) in [6.07, 6.45) is 6.87. The lowest BCUT2D eigenvalue weighted by Crippen LogP contribution is -2.48. The Kier molecular flexibility index (Phi) is 7.03. The van der Waals surface area contributed by atoms with Crippen molar-refractivity contribution in [1.29, 1.82) is 5.41 Å². The second kappa shape index (κ2) is 9.97. The number of piperidine rings is 1. The Labute approximate surface area is 200 Å². The van der Waals surface area contributed by atoms with Crippen LogP contribution in [0.25, 0.3) is 22.3 Å². The van der Waals surface area contributed by atoms with E-state index in [1.165, 1.54) is 31.4 Å². The lowest BCUT2D eigenvalue weighted by Gasteiger charge is -2.43. The van der Waals surface area contributed by atoms with Gasteiger partial charge in [0.05, 0.1) is 11.0 Å². The number of aryl methyl sites for hydroxylation is 1. The van der Waals surface area contributed by atoms with Gasteiger partial charge in [-0.3, -0.25) is 15.1 Å². The Morgan fingerprint density at radius 1 is 1.26 bits per heavy atom. The van der Waals surface area contributed by atoms with E-state index in [1.54, 1.807) is 6.07 Å². The first-order valence-corrected chi connectivity index (χ1v) is 12.2. The molecule has 0 amide bonds. The number of aromatic nitrogens is 2. The van der Waals surface area contributed by atoms with Gasteiger partial charge in [-0.15, -0.1) is 0 Å². The molecular weight excluding hydrogens is 426 g/mol. The Hall–Kier alpha value is -3.19. The van der Waals surface area contributed by atoms with Crippen molar-refractivity contribution in [3.05, 3.63) is 57.9 Å². The minimum absolute atomic E-state index is 0.0753. The number of benzene rings is 2. The minimum Gasteiger partial charge on any atom is -0.507 e. The molecule has 34 heavy (non-hydrogen) atoms. The standard InChI is InChI=1S/C27H35N5O2/c1-16-7-4-8-17(2)32(16)18(3)9-5-10-19-11-6-12-22-24(19)31-27(34)25(30-22)21-15-20(26(28)29)13-14-23(21)33/h6,11-18,33H,4-5,7-10H2,1-3H3,(H3,28,29)(H,31,34). The molecule has 2 aromatic carbocycles. The smallest absolute Gasteiger partial charge is 0.275 e. The highest BCUT2D eigenvalue weighted by molar-refractivity contribution is 5.96. The van der Waals surface area contributed by atoms with Gasteiger partial charge in [-0.2, -0.15) is 0 Å². The third kappa shape index (κ3) is 4.85. The molecule has 1 aliphatic rings. The van der Waals surface area contributed by atoms with Crippen molar-refractivity contribution in [3.63, 3.8) is 0 Å². The Balaban J connectivity index is 1.56. The fraction of sp³-hybridized carbons (Fsp3) is 0.444. The number of amidine groups is 1. The van der Waals surface area contributed by atoms with E-state index in [1.807, 2.05) is 18.2 Å². The fourth-order valence-corrected chi connectivity index (χ4v) is 5.50. The third-order valence-corrected chi connectivity index (χ3v) is 7.22. The molecule has 3 atom stereocenters. The number of likely N-dealkylation sites (tertiary alicyclic amines) is 1. The predicted octanol–water partition coefficient (Wildman–Crippen LogP) is 4.55. The maximum Gasteiger partial charge on any atom is 0.275 e. The molecule has 0 spiro atoms. The van der Waals surface area contributed by atoms with Crippen LogP contribution in [-0.2, 0) is 6.42 Å². The number of para-hydroxylation sites is 1. The monoisotopic (exact) mass is 461 g/mol. The summed E-state index contributed by atoms with van der Waals surface area (Å²) in [6.45, 7) is 7.02. The van der Waals surface area contributed by atoms with Crippen molar-refractivity contribution in [2.45, 2.75) is 77.4 Å². The van der Waals surface area contributed by atoms with Crippen molar-refractivity contribution in [1.82, 2.24) is 14.9 Å². The molecule has 3 unspecified atom stereocenters. The zero-order valence-corrected chi connectivity index (χ0v) is 20.3. The predicted molar refractivity (Wildman–Crippen MR) is 137 cm³/mol. The summed E-state index contributed by atoms with van der Waals surface area (Å²) >= 11 is 0. The molecule has 7 nitrogen and oxygen atoms in total. The van der Waals surface area contributed by atoms with E-state index < -0.39 is 0 Å². The Morgan fingerprint density at radius 3 is 2.71 bits per heavy atom. The summed E-state index contributed by atoms with van der Waals surface area (Å²) in [4.78, 5) is 23.2. The average Bonchev–Trinajstić information content (AvgIpc) is 2.79. The largest absolute Gasteiger partial charge is 0.507 e. The highest BCUT2D eigenvalue weighted by Crippen LogP contribution is 2.29. The molecule has 1 aromatic heterocycles. The molecule has 0 bridgehead atoms. The van der Waals surface area contributed by atoms with Gasteiger partial charge in [-0.1, -0.05) is 18.6 Å². The Bertz CT molecular complexity index is 1240. The molecule has 1 aliphatic heterocycles. The first-order chi connectivity index (χ1) is 16.3. The van der Waals surface area contributed by atoms with Gasteiger partial charge in [0.15, 0.2) is 0 Å². The van der Waals surface area contributed by atoms with Gasteiger partial charge in [0.1, 0.15) is 17.3 Å². The van der Waals surface area contributed by atoms with Crippen LogP contribution < -0.4 is 11.3 Å². The van der Waals surface area contributed by atoms with Gasteiger partial charge in [0.2, 0.25) is 0 Å². The molecule has 1 fully saturated rings. The summed E-state index contributed by atoms with van der Waals surface area (Å²) in [5.41, 5.74) is 8.50.